The van der Waals surface area contributed by atoms with Gasteiger partial charge in [0.1, 0.15) is 5.82 Å². The number of carboxylic acids is 1. The first-order chi connectivity index (χ1) is 9.88. The molecule has 2 N–H and O–H groups in total. The van der Waals surface area contributed by atoms with E-state index < -0.39 is 17.7 Å². The van der Waals surface area contributed by atoms with Gasteiger partial charge < -0.3 is 10.4 Å². The summed E-state index contributed by atoms with van der Waals surface area (Å²) in [5.74, 6) is -2.49. The van der Waals surface area contributed by atoms with Crippen LogP contribution in [0.5, 0.6) is 0 Å². The predicted octanol–water partition coefficient (Wildman–Crippen LogP) is 4.19. The van der Waals surface area contributed by atoms with Gasteiger partial charge in [-0.1, -0.05) is 27.5 Å². The van der Waals surface area contributed by atoms with Crippen LogP contribution in [0, 0.1) is 5.82 Å². The highest BCUT2D eigenvalue weighted by molar-refractivity contribution is 9.10. The van der Waals surface area contributed by atoms with Crippen molar-refractivity contribution in [1.82, 2.24) is 0 Å². The molecule has 0 saturated carbocycles. The van der Waals surface area contributed by atoms with Crippen LogP contribution in [0.1, 0.15) is 20.7 Å². The molecule has 0 radical (unpaired) electrons. The number of carboxylic acid groups (broad SMARTS) is 1. The highest BCUT2D eigenvalue weighted by Crippen LogP contribution is 2.24. The molecule has 2 rings (SSSR count). The number of carbonyl (C=O) groups is 2. The van der Waals surface area contributed by atoms with Crippen LogP contribution in [0.3, 0.4) is 0 Å². The number of carbonyl (C=O) groups excluding carboxylic acids is 1. The monoisotopic (exact) mass is 371 g/mol. The van der Waals surface area contributed by atoms with Gasteiger partial charge in [-0.15, -0.1) is 0 Å². The van der Waals surface area contributed by atoms with Crippen molar-refractivity contribution in [2.24, 2.45) is 0 Å². The highest BCUT2D eigenvalue weighted by Gasteiger charge is 2.14. The number of aromatic carboxylic acids is 1. The second-order valence-electron chi connectivity index (χ2n) is 4.08. The smallest absolute Gasteiger partial charge is 0.335 e. The highest BCUT2D eigenvalue weighted by atomic mass is 79.9. The molecule has 2 aromatic carbocycles. The number of benzene rings is 2. The fourth-order valence-corrected chi connectivity index (χ4v) is 2.17. The molecule has 0 heterocycles. The van der Waals surface area contributed by atoms with Crippen molar-refractivity contribution in [2.75, 3.05) is 5.32 Å². The van der Waals surface area contributed by atoms with Crippen molar-refractivity contribution in [2.45, 2.75) is 0 Å². The van der Waals surface area contributed by atoms with Crippen LogP contribution in [0.2, 0.25) is 5.02 Å². The van der Waals surface area contributed by atoms with E-state index in [1.54, 1.807) is 0 Å². The molecule has 2 aromatic rings. The lowest BCUT2D eigenvalue weighted by molar-refractivity contribution is 0.0696. The molecule has 0 aliphatic carbocycles. The van der Waals surface area contributed by atoms with Gasteiger partial charge in [0.15, 0.2) is 0 Å². The lowest BCUT2D eigenvalue weighted by Gasteiger charge is -2.08. The molecule has 108 valence electrons. The lowest BCUT2D eigenvalue weighted by Crippen LogP contribution is -2.14. The number of amides is 1. The minimum Gasteiger partial charge on any atom is -0.478 e. The maximum Gasteiger partial charge on any atom is 0.335 e. The number of hydrogen-bond donors (Lipinski definition) is 2. The summed E-state index contributed by atoms with van der Waals surface area (Å²) in [6, 6.07) is 7.88. The summed E-state index contributed by atoms with van der Waals surface area (Å²) in [6.45, 7) is 0. The topological polar surface area (TPSA) is 66.4 Å². The average molecular weight is 373 g/mol. The summed E-state index contributed by atoms with van der Waals surface area (Å²) in [5, 5.41) is 11.3. The molecular weight excluding hydrogens is 365 g/mol. The molecule has 1 amide bonds. The normalized spacial score (nSPS) is 10.2. The van der Waals surface area contributed by atoms with Crippen molar-refractivity contribution in [3.05, 3.63) is 62.8 Å². The van der Waals surface area contributed by atoms with Gasteiger partial charge >= 0.3 is 5.97 Å². The SMILES string of the molecule is O=C(O)c1ccc(NC(=O)c2ccc(Br)cc2F)c(Cl)c1. The third kappa shape index (κ3) is 3.59. The Morgan fingerprint density at radius 1 is 1.19 bits per heavy atom. The number of nitrogens with one attached hydrogen (secondary N) is 1. The van der Waals surface area contributed by atoms with Crippen LogP contribution in [0.25, 0.3) is 0 Å². The first-order valence-electron chi connectivity index (χ1n) is 5.67. The average Bonchev–Trinajstić information content (AvgIpc) is 2.40. The number of rotatable bonds is 3. The van der Waals surface area contributed by atoms with E-state index in [0.717, 1.165) is 0 Å². The second kappa shape index (κ2) is 6.24. The molecule has 0 fully saturated rings. The predicted molar refractivity (Wildman–Crippen MR) is 80.5 cm³/mol. The molecule has 0 bridgehead atoms. The van der Waals surface area contributed by atoms with Crippen molar-refractivity contribution in [1.29, 1.82) is 0 Å². The molecule has 0 spiro atoms. The van der Waals surface area contributed by atoms with E-state index in [4.69, 9.17) is 16.7 Å². The molecule has 0 aliphatic heterocycles. The van der Waals surface area contributed by atoms with Gasteiger partial charge in [0.25, 0.3) is 5.91 Å². The largest absolute Gasteiger partial charge is 0.478 e. The Kier molecular flexibility index (Phi) is 4.59. The lowest BCUT2D eigenvalue weighted by atomic mass is 10.1. The zero-order valence-electron chi connectivity index (χ0n) is 10.4. The molecule has 0 atom stereocenters. The minimum atomic E-state index is -1.13. The van der Waals surface area contributed by atoms with Gasteiger partial charge in [0.2, 0.25) is 0 Å². The van der Waals surface area contributed by atoms with E-state index in [1.165, 1.54) is 36.4 Å². The summed E-state index contributed by atoms with van der Waals surface area (Å²) in [7, 11) is 0. The standard InChI is InChI=1S/C14H8BrClFNO3/c15-8-2-3-9(11(17)6-8)13(19)18-12-4-1-7(14(20)21)5-10(12)16/h1-6H,(H,18,19)(H,20,21). The Labute approximate surface area is 132 Å². The van der Waals surface area contributed by atoms with Crippen molar-refractivity contribution in [3.63, 3.8) is 0 Å². The summed E-state index contributed by atoms with van der Waals surface area (Å²) >= 11 is 8.99. The Bertz CT molecular complexity index is 736. The quantitative estimate of drug-likeness (QED) is 0.849. The fraction of sp³-hybridized carbons (Fsp3) is 0. The Morgan fingerprint density at radius 2 is 1.90 bits per heavy atom. The van der Waals surface area contributed by atoms with E-state index in [-0.39, 0.29) is 21.8 Å². The molecule has 0 unspecified atom stereocenters. The van der Waals surface area contributed by atoms with Gasteiger partial charge in [-0.2, -0.15) is 0 Å². The number of anilines is 1. The molecule has 7 heteroatoms. The van der Waals surface area contributed by atoms with Crippen LogP contribution >= 0.6 is 27.5 Å². The molecule has 4 nitrogen and oxygen atoms in total. The van der Waals surface area contributed by atoms with Crippen LogP contribution in [0.4, 0.5) is 10.1 Å². The summed E-state index contributed by atoms with van der Waals surface area (Å²) in [4.78, 5) is 22.8. The van der Waals surface area contributed by atoms with Gasteiger partial charge in [-0.05, 0) is 36.4 Å². The van der Waals surface area contributed by atoms with Crippen LogP contribution < -0.4 is 5.32 Å². The Balaban J connectivity index is 2.25. The first-order valence-corrected chi connectivity index (χ1v) is 6.85. The minimum absolute atomic E-state index is 0.00665. The van der Waals surface area contributed by atoms with Crippen LogP contribution in [0.15, 0.2) is 40.9 Å². The van der Waals surface area contributed by atoms with Crippen molar-refractivity contribution < 1.29 is 19.1 Å². The Hall–Kier alpha value is -1.92. The summed E-state index contributed by atoms with van der Waals surface area (Å²) < 4.78 is 14.2. The van der Waals surface area contributed by atoms with Gasteiger partial charge in [-0.25, -0.2) is 9.18 Å². The molecule has 0 saturated heterocycles. The van der Waals surface area contributed by atoms with E-state index in [1.807, 2.05) is 0 Å². The zero-order chi connectivity index (χ0) is 15.6. The summed E-state index contributed by atoms with van der Waals surface area (Å²) in [6.07, 6.45) is 0. The van der Waals surface area contributed by atoms with Crippen LogP contribution in [-0.4, -0.2) is 17.0 Å². The molecular formula is C14H8BrClFNO3. The first kappa shape index (κ1) is 15.5. The number of hydrogen-bond acceptors (Lipinski definition) is 2. The van der Waals surface area contributed by atoms with E-state index >= 15 is 0 Å². The van der Waals surface area contributed by atoms with Gasteiger partial charge in [0, 0.05) is 4.47 Å². The van der Waals surface area contributed by atoms with Crippen molar-refractivity contribution >= 4 is 45.1 Å². The fourth-order valence-electron chi connectivity index (χ4n) is 1.61. The van der Waals surface area contributed by atoms with E-state index in [2.05, 4.69) is 21.2 Å². The Morgan fingerprint density at radius 3 is 2.48 bits per heavy atom. The van der Waals surface area contributed by atoms with E-state index in [0.29, 0.717) is 4.47 Å². The molecule has 0 aromatic heterocycles. The second-order valence-corrected chi connectivity index (χ2v) is 5.40. The third-order valence-corrected chi connectivity index (χ3v) is 3.45. The third-order valence-electron chi connectivity index (χ3n) is 2.64. The van der Waals surface area contributed by atoms with Crippen molar-refractivity contribution in [3.8, 4) is 0 Å². The van der Waals surface area contributed by atoms with Gasteiger partial charge in [-0.3, -0.25) is 4.79 Å². The summed E-state index contributed by atoms with van der Waals surface area (Å²) in [5.41, 5.74) is 0.0541. The zero-order valence-corrected chi connectivity index (χ0v) is 12.7. The molecule has 21 heavy (non-hydrogen) atoms. The van der Waals surface area contributed by atoms with E-state index in [9.17, 15) is 14.0 Å². The maximum atomic E-state index is 13.7. The molecule has 0 aliphatic rings. The van der Waals surface area contributed by atoms with Gasteiger partial charge in [0.05, 0.1) is 21.8 Å². The maximum absolute atomic E-state index is 13.7. The number of halogens is 3. The van der Waals surface area contributed by atoms with Crippen LogP contribution in [-0.2, 0) is 0 Å².